The van der Waals surface area contributed by atoms with Gasteiger partial charge >= 0.3 is 0 Å². The van der Waals surface area contributed by atoms with Gasteiger partial charge < -0.3 is 14.8 Å². The first-order valence-electron chi connectivity index (χ1n) is 6.46. The third-order valence-electron chi connectivity index (χ3n) is 3.24. The number of hydrogen-bond donors (Lipinski definition) is 1. The van der Waals surface area contributed by atoms with Gasteiger partial charge in [-0.05, 0) is 30.2 Å². The van der Waals surface area contributed by atoms with Gasteiger partial charge in [-0.3, -0.25) is 0 Å². The second kappa shape index (κ2) is 6.92. The molecule has 0 aliphatic heterocycles. The fraction of sp³-hybridized carbons (Fsp3) is 0.250. The van der Waals surface area contributed by atoms with Crippen molar-refractivity contribution in [1.29, 1.82) is 0 Å². The lowest BCUT2D eigenvalue weighted by Crippen LogP contribution is -2.03. The molecule has 0 radical (unpaired) electrons. The lowest BCUT2D eigenvalue weighted by molar-refractivity contribution is 0.355. The minimum Gasteiger partial charge on any atom is -0.493 e. The molecule has 0 aromatic heterocycles. The highest BCUT2D eigenvalue weighted by Crippen LogP contribution is 2.37. The predicted octanol–water partition coefficient (Wildman–Crippen LogP) is 4.93. The Morgan fingerprint density at radius 3 is 2.43 bits per heavy atom. The average molecular weight is 326 g/mol. The second-order valence-electron chi connectivity index (χ2n) is 4.56. The quantitative estimate of drug-likeness (QED) is 0.845. The van der Waals surface area contributed by atoms with Crippen LogP contribution >= 0.6 is 23.2 Å². The molecule has 3 nitrogen and oxygen atoms in total. The summed E-state index contributed by atoms with van der Waals surface area (Å²) in [4.78, 5) is 0. The monoisotopic (exact) mass is 325 g/mol. The summed E-state index contributed by atoms with van der Waals surface area (Å²) >= 11 is 12.6. The zero-order chi connectivity index (χ0) is 15.4. The lowest BCUT2D eigenvalue weighted by Gasteiger charge is -2.15. The normalized spacial score (nSPS) is 10.3. The van der Waals surface area contributed by atoms with Gasteiger partial charge in [-0.25, -0.2) is 0 Å². The third kappa shape index (κ3) is 3.36. The van der Waals surface area contributed by atoms with Crippen LogP contribution in [-0.2, 0) is 6.54 Å². The highest BCUT2D eigenvalue weighted by atomic mass is 35.5. The number of benzene rings is 2. The van der Waals surface area contributed by atoms with Crippen molar-refractivity contribution in [3.63, 3.8) is 0 Å². The molecule has 0 atom stereocenters. The highest BCUT2D eigenvalue weighted by Gasteiger charge is 2.13. The highest BCUT2D eigenvalue weighted by molar-refractivity contribution is 6.33. The third-order valence-corrected chi connectivity index (χ3v) is 3.97. The van der Waals surface area contributed by atoms with Gasteiger partial charge in [0.15, 0.2) is 11.5 Å². The van der Waals surface area contributed by atoms with E-state index in [4.69, 9.17) is 32.7 Å². The first kappa shape index (κ1) is 15.8. The SMILES string of the molecule is COc1ccc(CNc2c(C)cccc2Cl)c(Cl)c1OC. The maximum absolute atomic E-state index is 6.36. The van der Waals surface area contributed by atoms with Crippen LogP contribution in [-0.4, -0.2) is 14.2 Å². The van der Waals surface area contributed by atoms with Crippen LogP contribution in [0.15, 0.2) is 30.3 Å². The molecule has 0 amide bonds. The van der Waals surface area contributed by atoms with Crippen LogP contribution in [0.5, 0.6) is 11.5 Å². The van der Waals surface area contributed by atoms with Crippen molar-refractivity contribution < 1.29 is 9.47 Å². The van der Waals surface area contributed by atoms with Crippen LogP contribution in [0.1, 0.15) is 11.1 Å². The van der Waals surface area contributed by atoms with E-state index in [9.17, 15) is 0 Å². The minimum atomic E-state index is 0.536. The van der Waals surface area contributed by atoms with Crippen molar-refractivity contribution in [2.75, 3.05) is 19.5 Å². The molecule has 0 bridgehead atoms. The van der Waals surface area contributed by atoms with Gasteiger partial charge in [-0.1, -0.05) is 41.4 Å². The predicted molar refractivity (Wildman–Crippen MR) is 88.1 cm³/mol. The Morgan fingerprint density at radius 2 is 1.81 bits per heavy atom. The van der Waals surface area contributed by atoms with Crippen LogP contribution in [0.25, 0.3) is 0 Å². The van der Waals surface area contributed by atoms with Gasteiger partial charge in [0.2, 0.25) is 0 Å². The van der Waals surface area contributed by atoms with E-state index >= 15 is 0 Å². The number of methoxy groups -OCH3 is 2. The molecule has 0 fully saturated rings. The molecule has 2 aromatic rings. The molecule has 0 aliphatic rings. The summed E-state index contributed by atoms with van der Waals surface area (Å²) in [6.07, 6.45) is 0. The van der Waals surface area contributed by atoms with Gasteiger partial charge in [0.25, 0.3) is 0 Å². The van der Waals surface area contributed by atoms with Gasteiger partial charge in [0.1, 0.15) is 0 Å². The molecule has 1 N–H and O–H groups in total. The Hall–Kier alpha value is -1.58. The Morgan fingerprint density at radius 1 is 1.05 bits per heavy atom. The summed E-state index contributed by atoms with van der Waals surface area (Å²) in [5.41, 5.74) is 2.90. The van der Waals surface area contributed by atoms with Crippen LogP contribution in [0, 0.1) is 6.92 Å². The molecule has 0 aliphatic carbocycles. The summed E-state index contributed by atoms with van der Waals surface area (Å²) in [5.74, 6) is 1.15. The van der Waals surface area contributed by atoms with E-state index in [1.54, 1.807) is 14.2 Å². The van der Waals surface area contributed by atoms with Crippen molar-refractivity contribution >= 4 is 28.9 Å². The van der Waals surface area contributed by atoms with Crippen LogP contribution in [0.3, 0.4) is 0 Å². The Bertz CT molecular complexity index is 624. The summed E-state index contributed by atoms with van der Waals surface area (Å²) in [6.45, 7) is 2.55. The summed E-state index contributed by atoms with van der Waals surface area (Å²) in [5, 5.41) is 4.54. The maximum atomic E-state index is 6.36. The van der Waals surface area contributed by atoms with Crippen LogP contribution < -0.4 is 14.8 Å². The Balaban J connectivity index is 2.25. The standard InChI is InChI=1S/C16H17Cl2NO2/c1-10-5-4-6-12(17)15(10)19-9-11-7-8-13(20-2)16(21-3)14(11)18/h4-8,19H,9H2,1-3H3. The largest absolute Gasteiger partial charge is 0.493 e. The molecule has 112 valence electrons. The fourth-order valence-electron chi connectivity index (χ4n) is 2.11. The number of aryl methyl sites for hydroxylation is 1. The number of hydrogen-bond acceptors (Lipinski definition) is 3. The summed E-state index contributed by atoms with van der Waals surface area (Å²) in [6, 6.07) is 9.52. The van der Waals surface area contributed by atoms with E-state index in [0.717, 1.165) is 16.8 Å². The summed E-state index contributed by atoms with van der Waals surface area (Å²) < 4.78 is 10.5. The molecule has 5 heteroatoms. The molecule has 0 saturated heterocycles. The average Bonchev–Trinajstić information content (AvgIpc) is 2.47. The number of nitrogens with one attached hydrogen (secondary N) is 1. The van der Waals surface area contributed by atoms with Crippen LogP contribution in [0.2, 0.25) is 10.0 Å². The first-order valence-corrected chi connectivity index (χ1v) is 7.22. The molecule has 2 rings (SSSR count). The fourth-order valence-corrected chi connectivity index (χ4v) is 2.69. The topological polar surface area (TPSA) is 30.5 Å². The Labute approximate surface area is 134 Å². The molecule has 0 unspecified atom stereocenters. The Kier molecular flexibility index (Phi) is 5.21. The molecule has 21 heavy (non-hydrogen) atoms. The zero-order valence-corrected chi connectivity index (χ0v) is 13.7. The molecule has 0 saturated carbocycles. The molecular formula is C16H17Cl2NO2. The van der Waals surface area contributed by atoms with E-state index in [2.05, 4.69) is 5.32 Å². The first-order chi connectivity index (χ1) is 10.1. The van der Waals surface area contributed by atoms with E-state index in [1.807, 2.05) is 37.3 Å². The van der Waals surface area contributed by atoms with Crippen molar-refractivity contribution in [3.8, 4) is 11.5 Å². The van der Waals surface area contributed by atoms with Crippen LogP contribution in [0.4, 0.5) is 5.69 Å². The van der Waals surface area contributed by atoms with E-state index < -0.39 is 0 Å². The molecule has 2 aromatic carbocycles. The van der Waals surface area contributed by atoms with Gasteiger partial charge in [-0.15, -0.1) is 0 Å². The van der Waals surface area contributed by atoms with Gasteiger partial charge in [-0.2, -0.15) is 0 Å². The number of halogens is 2. The number of ether oxygens (including phenoxy) is 2. The zero-order valence-electron chi connectivity index (χ0n) is 12.2. The molecule has 0 heterocycles. The van der Waals surface area contributed by atoms with E-state index in [0.29, 0.717) is 28.1 Å². The lowest BCUT2D eigenvalue weighted by atomic mass is 10.1. The number of anilines is 1. The van der Waals surface area contributed by atoms with Gasteiger partial charge in [0.05, 0.1) is 30.0 Å². The smallest absolute Gasteiger partial charge is 0.179 e. The second-order valence-corrected chi connectivity index (χ2v) is 5.34. The molecular weight excluding hydrogens is 309 g/mol. The van der Waals surface area contributed by atoms with Crippen molar-refractivity contribution in [2.24, 2.45) is 0 Å². The van der Waals surface area contributed by atoms with Crippen molar-refractivity contribution in [3.05, 3.63) is 51.5 Å². The number of rotatable bonds is 5. The molecule has 0 spiro atoms. The maximum Gasteiger partial charge on any atom is 0.179 e. The number of para-hydroxylation sites is 1. The van der Waals surface area contributed by atoms with Crippen molar-refractivity contribution in [1.82, 2.24) is 0 Å². The van der Waals surface area contributed by atoms with Crippen molar-refractivity contribution in [2.45, 2.75) is 13.5 Å². The minimum absolute atomic E-state index is 0.536. The summed E-state index contributed by atoms with van der Waals surface area (Å²) in [7, 11) is 3.15. The van der Waals surface area contributed by atoms with E-state index in [-0.39, 0.29) is 0 Å². The van der Waals surface area contributed by atoms with Gasteiger partial charge in [0, 0.05) is 6.54 Å². The van der Waals surface area contributed by atoms with E-state index in [1.165, 1.54) is 0 Å².